The van der Waals surface area contributed by atoms with Gasteiger partial charge in [-0.2, -0.15) is 0 Å². The van der Waals surface area contributed by atoms with E-state index in [0.717, 1.165) is 5.57 Å². The molecule has 0 atom stereocenters. The van der Waals surface area contributed by atoms with Crippen LogP contribution in [0.3, 0.4) is 0 Å². The number of hydrogen-bond acceptors (Lipinski definition) is 3. The predicted molar refractivity (Wildman–Crippen MR) is 63.6 cm³/mol. The zero-order chi connectivity index (χ0) is 12.0. The van der Waals surface area contributed by atoms with Crippen LogP contribution in [-0.2, 0) is 0 Å². The molecule has 0 unspecified atom stereocenters. The van der Waals surface area contributed by atoms with Crippen molar-refractivity contribution in [3.05, 3.63) is 40.5 Å². The summed E-state index contributed by atoms with van der Waals surface area (Å²) in [5.74, 6) is 0. The van der Waals surface area contributed by atoms with Crippen molar-refractivity contribution < 1.29 is 4.92 Å². The minimum absolute atomic E-state index is 0.0344. The van der Waals surface area contributed by atoms with E-state index in [1.54, 1.807) is 6.92 Å². The van der Waals surface area contributed by atoms with Gasteiger partial charge in [-0.05, 0) is 18.6 Å². The van der Waals surface area contributed by atoms with E-state index in [-0.39, 0.29) is 5.69 Å². The molecule has 0 bridgehead atoms. The van der Waals surface area contributed by atoms with Gasteiger partial charge < -0.3 is 5.73 Å². The smallest absolute Gasteiger partial charge is 0.270 e. The maximum absolute atomic E-state index is 10.4. The van der Waals surface area contributed by atoms with E-state index in [1.807, 2.05) is 13.8 Å². The fourth-order valence-corrected chi connectivity index (χ4v) is 1.03. The summed E-state index contributed by atoms with van der Waals surface area (Å²) in [5, 5.41) is 10.4. The van der Waals surface area contributed by atoms with Crippen LogP contribution < -0.4 is 5.73 Å². The molecule has 15 heavy (non-hydrogen) atoms. The van der Waals surface area contributed by atoms with Crippen LogP contribution in [0.4, 0.5) is 11.4 Å². The van der Waals surface area contributed by atoms with E-state index < -0.39 is 4.92 Å². The molecule has 0 radical (unpaired) electrons. The van der Waals surface area contributed by atoms with Crippen molar-refractivity contribution in [3.63, 3.8) is 0 Å². The van der Waals surface area contributed by atoms with Crippen LogP contribution in [-0.4, -0.2) is 4.92 Å². The molecule has 0 heterocycles. The number of nitrogens with two attached hydrogens (primary N) is 1. The summed E-state index contributed by atoms with van der Waals surface area (Å²) in [6.07, 6.45) is 0. The number of nitro benzene ring substituents is 1. The Morgan fingerprint density at radius 2 is 2.00 bits per heavy atom. The summed E-state index contributed by atoms with van der Waals surface area (Å²) in [4.78, 5) is 9.97. The third kappa shape index (κ3) is 3.42. The van der Waals surface area contributed by atoms with Gasteiger partial charge in [-0.25, -0.2) is 0 Å². The van der Waals surface area contributed by atoms with Crippen LogP contribution in [0.5, 0.6) is 0 Å². The SMILES string of the molecule is C=C(C)c1cc([N+](=O)[O-])ccc1N.CC. The van der Waals surface area contributed by atoms with E-state index in [4.69, 9.17) is 5.73 Å². The van der Waals surface area contributed by atoms with Crippen LogP contribution in [0.25, 0.3) is 5.57 Å². The number of hydrogen-bond donors (Lipinski definition) is 1. The van der Waals surface area contributed by atoms with E-state index >= 15 is 0 Å². The average molecular weight is 208 g/mol. The molecule has 0 amide bonds. The molecule has 0 saturated carbocycles. The molecule has 0 saturated heterocycles. The van der Waals surface area contributed by atoms with E-state index in [1.165, 1.54) is 18.2 Å². The number of anilines is 1. The number of nitro groups is 1. The fraction of sp³-hybridized carbons (Fsp3) is 0.273. The quantitative estimate of drug-likeness (QED) is 0.460. The molecule has 0 fully saturated rings. The molecular weight excluding hydrogens is 192 g/mol. The second kappa shape index (κ2) is 5.80. The largest absolute Gasteiger partial charge is 0.398 e. The lowest BCUT2D eigenvalue weighted by Crippen LogP contribution is -1.94. The van der Waals surface area contributed by atoms with E-state index in [0.29, 0.717) is 11.3 Å². The first kappa shape index (κ1) is 13.2. The number of benzene rings is 1. The molecule has 1 rings (SSSR count). The Labute approximate surface area is 89.6 Å². The molecule has 0 spiro atoms. The Kier molecular flexibility index (Phi) is 5.09. The molecule has 0 aliphatic heterocycles. The van der Waals surface area contributed by atoms with Gasteiger partial charge in [0.2, 0.25) is 0 Å². The summed E-state index contributed by atoms with van der Waals surface area (Å²) < 4.78 is 0. The van der Waals surface area contributed by atoms with Crippen molar-refractivity contribution in [2.24, 2.45) is 0 Å². The van der Waals surface area contributed by atoms with Gasteiger partial charge in [0.25, 0.3) is 5.69 Å². The molecule has 82 valence electrons. The van der Waals surface area contributed by atoms with Crippen molar-refractivity contribution >= 4 is 16.9 Å². The molecular formula is C11H16N2O2. The van der Waals surface area contributed by atoms with Gasteiger partial charge in [-0.15, -0.1) is 0 Å². The second-order valence-corrected chi connectivity index (χ2v) is 2.81. The normalized spacial score (nSPS) is 8.73. The predicted octanol–water partition coefficient (Wildman–Crippen LogP) is 3.24. The van der Waals surface area contributed by atoms with Crippen LogP contribution in [0.2, 0.25) is 0 Å². The van der Waals surface area contributed by atoms with Crippen LogP contribution in [0.15, 0.2) is 24.8 Å². The Bertz CT molecular complexity index is 373. The highest BCUT2D eigenvalue weighted by Gasteiger charge is 2.08. The molecule has 0 aliphatic rings. The zero-order valence-corrected chi connectivity index (χ0v) is 9.28. The summed E-state index contributed by atoms with van der Waals surface area (Å²) in [6, 6.07) is 4.32. The lowest BCUT2D eigenvalue weighted by atomic mass is 10.1. The van der Waals surface area contributed by atoms with E-state index in [2.05, 4.69) is 6.58 Å². The number of non-ortho nitro benzene ring substituents is 1. The summed E-state index contributed by atoms with van der Waals surface area (Å²) in [5.41, 5.74) is 7.51. The van der Waals surface area contributed by atoms with Crippen molar-refractivity contribution in [2.75, 3.05) is 5.73 Å². The Morgan fingerprint density at radius 3 is 2.40 bits per heavy atom. The Morgan fingerprint density at radius 1 is 1.47 bits per heavy atom. The van der Waals surface area contributed by atoms with Gasteiger partial charge in [-0.1, -0.05) is 20.4 Å². The Balaban J connectivity index is 0.000000921. The first-order valence-corrected chi connectivity index (χ1v) is 4.72. The van der Waals surface area contributed by atoms with Crippen LogP contribution >= 0.6 is 0 Å². The van der Waals surface area contributed by atoms with Gasteiger partial charge in [0.05, 0.1) is 4.92 Å². The topological polar surface area (TPSA) is 69.2 Å². The van der Waals surface area contributed by atoms with Crippen molar-refractivity contribution in [2.45, 2.75) is 20.8 Å². The lowest BCUT2D eigenvalue weighted by Gasteiger charge is -2.03. The minimum atomic E-state index is -0.453. The van der Waals surface area contributed by atoms with Crippen molar-refractivity contribution in [3.8, 4) is 0 Å². The molecule has 0 aromatic heterocycles. The zero-order valence-electron chi connectivity index (χ0n) is 9.28. The van der Waals surface area contributed by atoms with Gasteiger partial charge in [0.15, 0.2) is 0 Å². The third-order valence-electron chi connectivity index (χ3n) is 1.71. The summed E-state index contributed by atoms with van der Waals surface area (Å²) in [6.45, 7) is 9.44. The van der Waals surface area contributed by atoms with Crippen LogP contribution in [0, 0.1) is 10.1 Å². The highest BCUT2D eigenvalue weighted by atomic mass is 16.6. The summed E-state index contributed by atoms with van der Waals surface area (Å²) >= 11 is 0. The second-order valence-electron chi connectivity index (χ2n) is 2.81. The lowest BCUT2D eigenvalue weighted by molar-refractivity contribution is -0.384. The van der Waals surface area contributed by atoms with Gasteiger partial charge in [0.1, 0.15) is 0 Å². The van der Waals surface area contributed by atoms with Gasteiger partial charge >= 0.3 is 0 Å². The first-order valence-electron chi connectivity index (χ1n) is 4.72. The maximum atomic E-state index is 10.4. The maximum Gasteiger partial charge on any atom is 0.270 e. The summed E-state index contributed by atoms with van der Waals surface area (Å²) in [7, 11) is 0. The third-order valence-corrected chi connectivity index (χ3v) is 1.71. The number of nitrogen functional groups attached to an aromatic ring is 1. The van der Waals surface area contributed by atoms with Gasteiger partial charge in [-0.3, -0.25) is 10.1 Å². The molecule has 1 aromatic carbocycles. The number of rotatable bonds is 2. The minimum Gasteiger partial charge on any atom is -0.398 e. The molecule has 1 aromatic rings. The Hall–Kier alpha value is -1.84. The standard InChI is InChI=1S/C9H10N2O2.C2H6/c1-6(2)8-5-7(11(12)13)3-4-9(8)10;1-2/h3-5H,1,10H2,2H3;1-2H3. The molecule has 4 nitrogen and oxygen atoms in total. The van der Waals surface area contributed by atoms with E-state index in [9.17, 15) is 10.1 Å². The molecule has 4 heteroatoms. The first-order chi connectivity index (χ1) is 7.02. The van der Waals surface area contributed by atoms with Crippen LogP contribution in [0.1, 0.15) is 26.3 Å². The molecule has 0 aliphatic carbocycles. The fourth-order valence-electron chi connectivity index (χ4n) is 1.03. The molecule has 2 N–H and O–H groups in total. The average Bonchev–Trinajstić information content (AvgIpc) is 2.20. The van der Waals surface area contributed by atoms with Crippen molar-refractivity contribution in [1.29, 1.82) is 0 Å². The monoisotopic (exact) mass is 208 g/mol. The highest BCUT2D eigenvalue weighted by Crippen LogP contribution is 2.24. The van der Waals surface area contributed by atoms with Crippen molar-refractivity contribution in [1.82, 2.24) is 0 Å². The highest BCUT2D eigenvalue weighted by molar-refractivity contribution is 5.74. The van der Waals surface area contributed by atoms with Gasteiger partial charge in [0, 0.05) is 23.4 Å². The number of allylic oxidation sites excluding steroid dienone is 1. The number of nitrogens with zero attached hydrogens (tertiary/aromatic N) is 1.